The fraction of sp³-hybridized carbons (Fsp3) is 0.423. The van der Waals surface area contributed by atoms with E-state index in [9.17, 15) is 55.9 Å². The smallest absolute Gasteiger partial charge is 0.229 e. The lowest BCUT2D eigenvalue weighted by atomic mass is 9.99. The summed E-state index contributed by atoms with van der Waals surface area (Å²) in [5.74, 6) is -4.00. The second kappa shape index (κ2) is 11.5. The van der Waals surface area contributed by atoms with E-state index in [0.29, 0.717) is 0 Å². The standard InChI is InChI=1S/C26H28O16/c27-6-13-16(32)18(34)20(36)26(40-13)41-23-17(33)14-10(29)5-12(8-1-3-9(28)4-2-8)39-22(14)24(21(23)37)42-25-19(35)15(31)11(30)7-38-25/h1-5,11,13,15-16,18-20,25-28,30-37H,6-7H2/t11-,13-,15+,16-,18+,19+,20+,25+,26+/m1/s1. The maximum atomic E-state index is 13.3. The van der Waals surface area contributed by atoms with Gasteiger partial charge in [-0.05, 0) is 24.3 Å². The summed E-state index contributed by atoms with van der Waals surface area (Å²) in [6, 6.07) is 6.40. The summed E-state index contributed by atoms with van der Waals surface area (Å²) in [5.41, 5.74) is -1.20. The van der Waals surface area contributed by atoms with Gasteiger partial charge in [0.05, 0.1) is 13.2 Å². The van der Waals surface area contributed by atoms with E-state index in [-0.39, 0.29) is 17.1 Å². The first-order valence-corrected chi connectivity index (χ1v) is 12.6. The second-order valence-electron chi connectivity index (χ2n) is 9.76. The van der Waals surface area contributed by atoms with E-state index in [1.807, 2.05) is 0 Å². The zero-order valence-electron chi connectivity index (χ0n) is 21.4. The number of hydrogen-bond donors (Lipinski definition) is 10. The Labute approximate surface area is 235 Å². The number of fused-ring (bicyclic) bond motifs is 1. The van der Waals surface area contributed by atoms with Crippen LogP contribution >= 0.6 is 0 Å². The van der Waals surface area contributed by atoms with Crippen molar-refractivity contribution in [1.29, 1.82) is 0 Å². The normalized spacial score (nSPS) is 31.6. The molecule has 42 heavy (non-hydrogen) atoms. The summed E-state index contributed by atoms with van der Waals surface area (Å²) in [6.07, 6.45) is -15.8. The van der Waals surface area contributed by atoms with Crippen LogP contribution in [0.1, 0.15) is 0 Å². The number of phenols is 3. The van der Waals surface area contributed by atoms with Gasteiger partial charge in [0, 0.05) is 11.6 Å². The molecular weight excluding hydrogens is 568 g/mol. The van der Waals surface area contributed by atoms with Crippen LogP contribution in [0.3, 0.4) is 0 Å². The molecular formula is C26H28O16. The molecule has 0 bridgehead atoms. The van der Waals surface area contributed by atoms with Crippen LogP contribution < -0.4 is 14.9 Å². The van der Waals surface area contributed by atoms with Crippen molar-refractivity contribution < 1.29 is 74.4 Å². The highest BCUT2D eigenvalue weighted by molar-refractivity contribution is 5.95. The van der Waals surface area contributed by atoms with Crippen LogP contribution in [0.2, 0.25) is 0 Å². The fourth-order valence-electron chi connectivity index (χ4n) is 4.58. The van der Waals surface area contributed by atoms with Gasteiger partial charge in [-0.1, -0.05) is 0 Å². The predicted molar refractivity (Wildman–Crippen MR) is 136 cm³/mol. The van der Waals surface area contributed by atoms with Crippen molar-refractivity contribution in [3.8, 4) is 40.1 Å². The molecule has 10 N–H and O–H groups in total. The molecule has 0 radical (unpaired) electrons. The largest absolute Gasteiger partial charge is 0.508 e. The number of ether oxygens (including phenoxy) is 4. The molecule has 0 aliphatic carbocycles. The lowest BCUT2D eigenvalue weighted by molar-refractivity contribution is -0.277. The van der Waals surface area contributed by atoms with Gasteiger partial charge in [0.1, 0.15) is 59.6 Å². The van der Waals surface area contributed by atoms with Gasteiger partial charge in [-0.15, -0.1) is 0 Å². The average Bonchev–Trinajstić information content (AvgIpc) is 2.97. The second-order valence-corrected chi connectivity index (χ2v) is 9.76. The van der Waals surface area contributed by atoms with E-state index in [2.05, 4.69) is 0 Å². The SMILES string of the molecule is O=c1cc(-c2ccc(O)cc2)oc2c(O[C@@H]3OC[C@@H](O)[C@H](O)[C@@H]3O)c(O)c(O[C@@H]3O[C@H](CO)[C@@H](O)[C@H](O)[C@@H]3O)c(O)c12. The van der Waals surface area contributed by atoms with Gasteiger partial charge in [0.25, 0.3) is 0 Å². The van der Waals surface area contributed by atoms with Crippen LogP contribution in [0, 0.1) is 0 Å². The Morgan fingerprint density at radius 2 is 1.43 bits per heavy atom. The third-order valence-corrected chi connectivity index (χ3v) is 6.96. The van der Waals surface area contributed by atoms with E-state index in [1.54, 1.807) is 0 Å². The molecule has 2 aliphatic heterocycles. The van der Waals surface area contributed by atoms with Crippen LogP contribution in [-0.4, -0.2) is 120 Å². The molecule has 0 unspecified atom stereocenters. The number of aliphatic hydroxyl groups is 7. The molecule has 1 aromatic heterocycles. The minimum absolute atomic E-state index is 0.0830. The quantitative estimate of drug-likeness (QED) is 0.142. The first kappa shape index (κ1) is 29.8. The fourth-order valence-corrected chi connectivity index (χ4v) is 4.58. The summed E-state index contributed by atoms with van der Waals surface area (Å²) in [6.45, 7) is -1.32. The molecule has 2 aliphatic rings. The Hall–Kier alpha value is -3.71. The topological polar surface area (TPSA) is 269 Å². The maximum absolute atomic E-state index is 13.3. The summed E-state index contributed by atoms with van der Waals surface area (Å²) in [5, 5.41) is 102. The van der Waals surface area contributed by atoms with E-state index in [0.717, 1.165) is 6.07 Å². The zero-order chi connectivity index (χ0) is 30.5. The number of rotatable bonds is 6. The Bertz CT molecular complexity index is 1490. The number of benzene rings is 2. The molecule has 16 nitrogen and oxygen atoms in total. The first-order chi connectivity index (χ1) is 19.9. The first-order valence-electron chi connectivity index (χ1n) is 12.6. The minimum Gasteiger partial charge on any atom is -0.508 e. The van der Waals surface area contributed by atoms with Crippen molar-refractivity contribution in [2.45, 2.75) is 55.3 Å². The lowest BCUT2D eigenvalue weighted by Crippen LogP contribution is -2.60. The van der Waals surface area contributed by atoms with Crippen LogP contribution in [0.5, 0.6) is 28.7 Å². The molecule has 3 heterocycles. The van der Waals surface area contributed by atoms with Crippen molar-refractivity contribution in [3.63, 3.8) is 0 Å². The predicted octanol–water partition coefficient (Wildman–Crippen LogP) is -2.43. The van der Waals surface area contributed by atoms with Gasteiger partial charge in [-0.3, -0.25) is 4.79 Å². The van der Waals surface area contributed by atoms with Gasteiger partial charge >= 0.3 is 0 Å². The summed E-state index contributed by atoms with van der Waals surface area (Å²) in [4.78, 5) is 13.3. The van der Waals surface area contributed by atoms with Crippen molar-refractivity contribution in [2.24, 2.45) is 0 Å². The van der Waals surface area contributed by atoms with E-state index < -0.39 is 108 Å². The van der Waals surface area contributed by atoms with Gasteiger partial charge in [0.15, 0.2) is 16.8 Å². The molecule has 0 saturated carbocycles. The summed E-state index contributed by atoms with van der Waals surface area (Å²) in [7, 11) is 0. The van der Waals surface area contributed by atoms with Gasteiger partial charge < -0.3 is 74.4 Å². The molecule has 16 heteroatoms. The molecule has 0 amide bonds. The Morgan fingerprint density at radius 3 is 2.10 bits per heavy atom. The van der Waals surface area contributed by atoms with Crippen LogP contribution in [0.25, 0.3) is 22.3 Å². The van der Waals surface area contributed by atoms with E-state index in [4.69, 9.17) is 23.4 Å². The Balaban J connectivity index is 1.66. The third kappa shape index (κ3) is 5.19. The molecule has 2 fully saturated rings. The Morgan fingerprint density at radius 1 is 0.786 bits per heavy atom. The highest BCUT2D eigenvalue weighted by Gasteiger charge is 2.46. The summed E-state index contributed by atoms with van der Waals surface area (Å²) < 4.78 is 27.3. The number of aromatic hydroxyl groups is 3. The zero-order valence-corrected chi connectivity index (χ0v) is 21.4. The van der Waals surface area contributed by atoms with Crippen molar-refractivity contribution in [1.82, 2.24) is 0 Å². The molecule has 2 aromatic carbocycles. The number of aliphatic hydroxyl groups excluding tert-OH is 7. The molecule has 2 saturated heterocycles. The third-order valence-electron chi connectivity index (χ3n) is 6.96. The van der Waals surface area contributed by atoms with Crippen LogP contribution in [0.4, 0.5) is 0 Å². The number of hydrogen-bond acceptors (Lipinski definition) is 16. The van der Waals surface area contributed by atoms with E-state index in [1.165, 1.54) is 24.3 Å². The monoisotopic (exact) mass is 596 g/mol. The molecule has 3 aromatic rings. The molecule has 5 rings (SSSR count). The van der Waals surface area contributed by atoms with Gasteiger partial charge in [-0.25, -0.2) is 0 Å². The van der Waals surface area contributed by atoms with Crippen molar-refractivity contribution >= 4 is 11.0 Å². The summed E-state index contributed by atoms with van der Waals surface area (Å²) >= 11 is 0. The highest BCUT2D eigenvalue weighted by atomic mass is 16.7. The van der Waals surface area contributed by atoms with Gasteiger partial charge in [-0.2, -0.15) is 0 Å². The molecule has 228 valence electrons. The van der Waals surface area contributed by atoms with Crippen molar-refractivity contribution in [2.75, 3.05) is 13.2 Å². The van der Waals surface area contributed by atoms with Crippen LogP contribution in [-0.2, 0) is 9.47 Å². The number of phenolic OH excluding ortho intramolecular Hbond substituents is 3. The van der Waals surface area contributed by atoms with Gasteiger partial charge in [0.2, 0.25) is 29.8 Å². The van der Waals surface area contributed by atoms with Crippen LogP contribution in [0.15, 0.2) is 39.5 Å². The lowest BCUT2D eigenvalue weighted by Gasteiger charge is -2.39. The maximum Gasteiger partial charge on any atom is 0.229 e. The minimum atomic E-state index is -1.98. The highest BCUT2D eigenvalue weighted by Crippen LogP contribution is 2.51. The molecule has 0 spiro atoms. The average molecular weight is 596 g/mol. The molecule has 9 atom stereocenters. The van der Waals surface area contributed by atoms with Crippen molar-refractivity contribution in [3.05, 3.63) is 40.6 Å². The van der Waals surface area contributed by atoms with E-state index >= 15 is 0 Å². The Kier molecular flexibility index (Phi) is 8.17.